The number of hydrogen-bond acceptors (Lipinski definition) is 3. The van der Waals surface area contributed by atoms with E-state index in [-0.39, 0.29) is 11.8 Å². The van der Waals surface area contributed by atoms with Crippen molar-refractivity contribution in [2.75, 3.05) is 6.54 Å². The number of likely N-dealkylation sites (tertiary alicyclic amines) is 1. The Balaban J connectivity index is 2.21. The van der Waals surface area contributed by atoms with Gasteiger partial charge in [0, 0.05) is 35.8 Å². The van der Waals surface area contributed by atoms with Crippen molar-refractivity contribution in [3.8, 4) is 5.75 Å². The van der Waals surface area contributed by atoms with E-state index in [1.165, 1.54) is 6.07 Å². The Hall–Kier alpha value is -0.910. The zero-order chi connectivity index (χ0) is 15.4. The summed E-state index contributed by atoms with van der Waals surface area (Å²) >= 11 is 5.99. The summed E-state index contributed by atoms with van der Waals surface area (Å²) in [7, 11) is 0. The number of nitrogens with two attached hydrogens (primary N) is 1. The number of piperidine rings is 1. The van der Waals surface area contributed by atoms with Crippen LogP contribution in [-0.2, 0) is 6.54 Å². The van der Waals surface area contributed by atoms with E-state index in [0.29, 0.717) is 29.7 Å². The second-order valence-electron chi connectivity index (χ2n) is 5.47. The first-order valence-corrected chi connectivity index (χ1v) is 7.58. The third-order valence-electron chi connectivity index (χ3n) is 4.06. The molecule has 1 saturated heterocycles. The predicted octanol–water partition coefficient (Wildman–Crippen LogP) is 3.64. The smallest absolute Gasteiger partial charge is 0.387 e. The maximum atomic E-state index is 12.5. The van der Waals surface area contributed by atoms with E-state index < -0.39 is 6.61 Å². The minimum atomic E-state index is -2.84. The molecule has 2 N–H and O–H groups in total. The molecule has 2 rings (SSSR count). The lowest BCUT2D eigenvalue weighted by molar-refractivity contribution is -0.0511. The van der Waals surface area contributed by atoms with Crippen LogP contribution in [0.5, 0.6) is 5.75 Å². The molecule has 1 fully saturated rings. The third kappa shape index (κ3) is 4.28. The monoisotopic (exact) mass is 318 g/mol. The second-order valence-corrected chi connectivity index (χ2v) is 5.91. The summed E-state index contributed by atoms with van der Waals surface area (Å²) in [6.07, 6.45) is 3.27. The molecular weight excluding hydrogens is 298 g/mol. The van der Waals surface area contributed by atoms with Crippen molar-refractivity contribution in [3.05, 3.63) is 28.8 Å². The highest BCUT2D eigenvalue weighted by Gasteiger charge is 2.27. The number of rotatable bonds is 5. The summed E-state index contributed by atoms with van der Waals surface area (Å²) < 4.78 is 29.6. The average Bonchev–Trinajstić information content (AvgIpc) is 2.43. The number of nitrogens with zero attached hydrogens (tertiary/aromatic N) is 1. The standard InChI is InChI=1S/C15H21ClF2N2O/c1-10-3-2-4-13(8-19)20(10)9-11-7-12(16)5-6-14(11)21-15(17)18/h5-7,10,13,15H,2-4,8-9,19H2,1H3. The number of halogens is 3. The highest BCUT2D eigenvalue weighted by atomic mass is 35.5. The van der Waals surface area contributed by atoms with Crippen molar-refractivity contribution in [2.24, 2.45) is 5.73 Å². The van der Waals surface area contributed by atoms with Gasteiger partial charge < -0.3 is 10.5 Å². The summed E-state index contributed by atoms with van der Waals surface area (Å²) in [5.74, 6) is 0.183. The summed E-state index contributed by atoms with van der Waals surface area (Å²) in [5, 5.41) is 0.514. The van der Waals surface area contributed by atoms with Crippen LogP contribution in [0.2, 0.25) is 5.02 Å². The van der Waals surface area contributed by atoms with E-state index in [1.54, 1.807) is 12.1 Å². The molecule has 1 aliphatic heterocycles. The molecule has 6 heteroatoms. The molecule has 1 heterocycles. The average molecular weight is 319 g/mol. The minimum Gasteiger partial charge on any atom is -0.434 e. The number of benzene rings is 1. The van der Waals surface area contributed by atoms with E-state index in [1.807, 2.05) is 0 Å². The van der Waals surface area contributed by atoms with Gasteiger partial charge in [0.2, 0.25) is 0 Å². The first-order valence-electron chi connectivity index (χ1n) is 7.20. The van der Waals surface area contributed by atoms with Gasteiger partial charge in [-0.1, -0.05) is 18.0 Å². The van der Waals surface area contributed by atoms with Gasteiger partial charge in [-0.05, 0) is 38.0 Å². The molecule has 2 unspecified atom stereocenters. The number of ether oxygens (including phenoxy) is 1. The molecule has 3 nitrogen and oxygen atoms in total. The van der Waals surface area contributed by atoms with Gasteiger partial charge in [0.25, 0.3) is 0 Å². The van der Waals surface area contributed by atoms with Crippen molar-refractivity contribution < 1.29 is 13.5 Å². The van der Waals surface area contributed by atoms with Crippen LogP contribution in [0.3, 0.4) is 0 Å². The lowest BCUT2D eigenvalue weighted by Crippen LogP contribution is -2.48. The molecule has 1 aromatic carbocycles. The van der Waals surface area contributed by atoms with Crippen molar-refractivity contribution >= 4 is 11.6 Å². The van der Waals surface area contributed by atoms with Crippen LogP contribution in [0.4, 0.5) is 8.78 Å². The first-order chi connectivity index (χ1) is 10.0. The lowest BCUT2D eigenvalue weighted by atomic mass is 9.95. The highest BCUT2D eigenvalue weighted by molar-refractivity contribution is 6.30. The molecular formula is C15H21ClF2N2O. The zero-order valence-corrected chi connectivity index (χ0v) is 12.8. The van der Waals surface area contributed by atoms with E-state index in [2.05, 4.69) is 16.6 Å². The van der Waals surface area contributed by atoms with Gasteiger partial charge in [-0.25, -0.2) is 0 Å². The molecule has 0 aromatic heterocycles. The molecule has 0 amide bonds. The normalized spacial score (nSPS) is 23.5. The molecule has 2 atom stereocenters. The first kappa shape index (κ1) is 16.5. The molecule has 118 valence electrons. The molecule has 1 aliphatic rings. The highest BCUT2D eigenvalue weighted by Crippen LogP contribution is 2.30. The van der Waals surface area contributed by atoms with Gasteiger partial charge in [0.1, 0.15) is 5.75 Å². The number of alkyl halides is 2. The van der Waals surface area contributed by atoms with Crippen LogP contribution in [0.1, 0.15) is 31.7 Å². The van der Waals surface area contributed by atoms with Crippen LogP contribution in [0.15, 0.2) is 18.2 Å². The molecule has 1 aromatic rings. The van der Waals surface area contributed by atoms with Gasteiger partial charge in [-0.15, -0.1) is 0 Å². The maximum absolute atomic E-state index is 12.5. The minimum absolute atomic E-state index is 0.183. The molecule has 0 radical (unpaired) electrons. The molecule has 21 heavy (non-hydrogen) atoms. The Bertz CT molecular complexity index is 473. The van der Waals surface area contributed by atoms with Crippen molar-refractivity contribution in [3.63, 3.8) is 0 Å². The summed E-state index contributed by atoms with van der Waals surface area (Å²) in [6.45, 7) is 0.385. The van der Waals surface area contributed by atoms with Crippen molar-refractivity contribution in [1.29, 1.82) is 0 Å². The Labute approximate surface area is 129 Å². The lowest BCUT2D eigenvalue weighted by Gasteiger charge is -2.40. The largest absolute Gasteiger partial charge is 0.434 e. The van der Waals surface area contributed by atoms with Gasteiger partial charge in [0.15, 0.2) is 0 Å². The van der Waals surface area contributed by atoms with Crippen molar-refractivity contribution in [1.82, 2.24) is 4.90 Å². The van der Waals surface area contributed by atoms with Gasteiger partial charge in [-0.2, -0.15) is 8.78 Å². The second kappa shape index (κ2) is 7.38. The van der Waals surface area contributed by atoms with E-state index in [9.17, 15) is 8.78 Å². The topological polar surface area (TPSA) is 38.5 Å². The fraction of sp³-hybridized carbons (Fsp3) is 0.600. The molecule has 0 saturated carbocycles. The van der Waals surface area contributed by atoms with Crippen LogP contribution < -0.4 is 10.5 Å². The van der Waals surface area contributed by atoms with E-state index >= 15 is 0 Å². The summed E-state index contributed by atoms with van der Waals surface area (Å²) in [5.41, 5.74) is 6.52. The Morgan fingerprint density at radius 1 is 1.43 bits per heavy atom. The SMILES string of the molecule is CC1CCCC(CN)N1Cc1cc(Cl)ccc1OC(F)F. The Morgan fingerprint density at radius 2 is 2.19 bits per heavy atom. The van der Waals surface area contributed by atoms with Crippen molar-refractivity contribution in [2.45, 2.75) is 51.4 Å². The fourth-order valence-electron chi connectivity index (χ4n) is 2.96. The third-order valence-corrected chi connectivity index (χ3v) is 4.29. The van der Waals surface area contributed by atoms with Gasteiger partial charge >= 0.3 is 6.61 Å². The van der Waals surface area contributed by atoms with Crippen LogP contribution >= 0.6 is 11.6 Å². The van der Waals surface area contributed by atoms with Crippen LogP contribution in [0.25, 0.3) is 0 Å². The van der Waals surface area contributed by atoms with Gasteiger partial charge in [-0.3, -0.25) is 4.90 Å². The zero-order valence-electron chi connectivity index (χ0n) is 12.1. The Morgan fingerprint density at radius 3 is 2.86 bits per heavy atom. The quantitative estimate of drug-likeness (QED) is 0.900. The summed E-state index contributed by atoms with van der Waals surface area (Å²) in [6, 6.07) is 5.38. The van der Waals surface area contributed by atoms with Crippen LogP contribution in [0, 0.1) is 0 Å². The molecule has 0 spiro atoms. The van der Waals surface area contributed by atoms with E-state index in [4.69, 9.17) is 17.3 Å². The molecule has 0 aliphatic carbocycles. The van der Waals surface area contributed by atoms with Gasteiger partial charge in [0.05, 0.1) is 0 Å². The fourth-order valence-corrected chi connectivity index (χ4v) is 3.15. The Kier molecular flexibility index (Phi) is 5.79. The predicted molar refractivity (Wildman–Crippen MR) is 79.8 cm³/mol. The maximum Gasteiger partial charge on any atom is 0.387 e. The number of hydrogen-bond donors (Lipinski definition) is 1. The molecule has 0 bridgehead atoms. The van der Waals surface area contributed by atoms with E-state index in [0.717, 1.165) is 19.3 Å². The van der Waals surface area contributed by atoms with Crippen LogP contribution in [-0.4, -0.2) is 30.1 Å². The summed E-state index contributed by atoms with van der Waals surface area (Å²) in [4.78, 5) is 2.26.